The van der Waals surface area contributed by atoms with E-state index in [9.17, 15) is 4.79 Å². The number of hydrogen-bond donors (Lipinski definition) is 1. The van der Waals surface area contributed by atoms with E-state index in [1.165, 1.54) is 11.3 Å². The number of aryl methyl sites for hydroxylation is 1. The van der Waals surface area contributed by atoms with Crippen molar-refractivity contribution in [1.82, 2.24) is 9.97 Å². The van der Waals surface area contributed by atoms with Gasteiger partial charge in [-0.3, -0.25) is 9.78 Å². The van der Waals surface area contributed by atoms with E-state index in [0.717, 1.165) is 21.3 Å². The fourth-order valence-electron chi connectivity index (χ4n) is 1.39. The predicted octanol–water partition coefficient (Wildman–Crippen LogP) is 2.77. The highest BCUT2D eigenvalue weighted by atomic mass is 32.2. The topological polar surface area (TPSA) is 63.1 Å². The Balaban J connectivity index is 1.96. The molecule has 0 bridgehead atoms. The van der Waals surface area contributed by atoms with Gasteiger partial charge in [-0.15, -0.1) is 11.3 Å². The van der Waals surface area contributed by atoms with Crippen LogP contribution in [0.5, 0.6) is 0 Å². The van der Waals surface area contributed by atoms with Crippen molar-refractivity contribution >= 4 is 29.1 Å². The maximum atomic E-state index is 10.5. The molecule has 0 amide bonds. The van der Waals surface area contributed by atoms with Gasteiger partial charge in [0.15, 0.2) is 4.34 Å². The van der Waals surface area contributed by atoms with Crippen molar-refractivity contribution in [1.29, 1.82) is 0 Å². The third-order valence-corrected chi connectivity index (χ3v) is 4.39. The molecular weight excluding hydrogens is 268 g/mol. The molecule has 0 aromatic carbocycles. The number of aromatic nitrogens is 2. The zero-order valence-corrected chi connectivity index (χ0v) is 11.4. The third kappa shape index (κ3) is 3.54. The summed E-state index contributed by atoms with van der Waals surface area (Å²) in [5.41, 5.74) is 2.82. The minimum absolute atomic E-state index is 0.0142. The van der Waals surface area contributed by atoms with E-state index in [2.05, 4.69) is 9.97 Å². The molecule has 2 heterocycles. The Morgan fingerprint density at radius 3 is 3.11 bits per heavy atom. The maximum absolute atomic E-state index is 10.5. The van der Waals surface area contributed by atoms with Crippen LogP contribution >= 0.6 is 23.1 Å². The molecule has 0 saturated heterocycles. The van der Waals surface area contributed by atoms with Gasteiger partial charge in [0.25, 0.3) is 0 Å². The van der Waals surface area contributed by atoms with Gasteiger partial charge in [0.05, 0.1) is 17.8 Å². The first-order valence-corrected chi connectivity index (χ1v) is 7.21. The molecule has 2 aromatic heterocycles. The van der Waals surface area contributed by atoms with E-state index in [-0.39, 0.29) is 6.42 Å². The average Bonchev–Trinajstić information content (AvgIpc) is 2.75. The normalized spacial score (nSPS) is 10.5. The molecule has 0 spiro atoms. The number of rotatable bonds is 5. The second-order valence-electron chi connectivity index (χ2n) is 3.73. The van der Waals surface area contributed by atoms with Crippen LogP contribution in [0.3, 0.4) is 0 Å². The Hall–Kier alpha value is -1.40. The zero-order valence-electron chi connectivity index (χ0n) is 9.79. The molecule has 2 aromatic rings. The Morgan fingerprint density at radius 1 is 1.56 bits per heavy atom. The molecular formula is C12H12N2O2S2. The van der Waals surface area contributed by atoms with Crippen molar-refractivity contribution in [2.75, 3.05) is 0 Å². The van der Waals surface area contributed by atoms with Crippen LogP contribution in [0.25, 0.3) is 0 Å². The molecule has 4 nitrogen and oxygen atoms in total. The maximum Gasteiger partial charge on any atom is 0.309 e. The molecule has 0 saturated carbocycles. The Bertz CT molecular complexity index is 555. The highest BCUT2D eigenvalue weighted by molar-refractivity contribution is 8.00. The van der Waals surface area contributed by atoms with Gasteiger partial charge in [-0.25, -0.2) is 4.98 Å². The number of aliphatic carboxylic acids is 1. The van der Waals surface area contributed by atoms with Gasteiger partial charge in [-0.1, -0.05) is 17.8 Å². The summed E-state index contributed by atoms with van der Waals surface area (Å²) in [6.45, 7) is 2.03. The molecule has 1 N–H and O–H groups in total. The summed E-state index contributed by atoms with van der Waals surface area (Å²) in [6.07, 6.45) is 1.76. The van der Waals surface area contributed by atoms with Crippen LogP contribution < -0.4 is 0 Å². The molecule has 0 fully saturated rings. The summed E-state index contributed by atoms with van der Waals surface area (Å²) >= 11 is 3.06. The Kier molecular flexibility index (Phi) is 4.33. The van der Waals surface area contributed by atoms with E-state index in [4.69, 9.17) is 5.11 Å². The molecule has 2 rings (SSSR count). The fourth-order valence-corrected chi connectivity index (χ4v) is 3.27. The quantitative estimate of drug-likeness (QED) is 0.853. The first-order valence-electron chi connectivity index (χ1n) is 5.34. The molecule has 6 heteroatoms. The van der Waals surface area contributed by atoms with Crippen molar-refractivity contribution in [3.8, 4) is 0 Å². The van der Waals surface area contributed by atoms with Crippen molar-refractivity contribution < 1.29 is 9.90 Å². The number of nitrogens with zero attached hydrogens (tertiary/aromatic N) is 2. The van der Waals surface area contributed by atoms with E-state index in [1.54, 1.807) is 23.3 Å². The number of hydrogen-bond acceptors (Lipinski definition) is 5. The summed E-state index contributed by atoms with van der Waals surface area (Å²) in [4.78, 5) is 19.1. The van der Waals surface area contributed by atoms with Crippen molar-refractivity contribution in [3.05, 3.63) is 40.7 Å². The third-order valence-electron chi connectivity index (χ3n) is 2.31. The lowest BCUT2D eigenvalue weighted by Gasteiger charge is -2.01. The van der Waals surface area contributed by atoms with Gasteiger partial charge in [-0.05, 0) is 18.6 Å². The predicted molar refractivity (Wildman–Crippen MR) is 72.0 cm³/mol. The number of pyridine rings is 1. The van der Waals surface area contributed by atoms with Crippen molar-refractivity contribution in [2.45, 2.75) is 23.4 Å². The first kappa shape index (κ1) is 13.0. The van der Waals surface area contributed by atoms with Crippen LogP contribution in [0, 0.1) is 6.92 Å². The minimum atomic E-state index is -0.850. The van der Waals surface area contributed by atoms with E-state index in [1.807, 2.05) is 19.1 Å². The van der Waals surface area contributed by atoms with Crippen molar-refractivity contribution in [2.24, 2.45) is 0 Å². The largest absolute Gasteiger partial charge is 0.481 e. The number of carboxylic acid groups (broad SMARTS) is 1. The minimum Gasteiger partial charge on any atom is -0.481 e. The lowest BCUT2D eigenvalue weighted by Crippen LogP contribution is -1.99. The first-order chi connectivity index (χ1) is 8.65. The summed E-state index contributed by atoms with van der Waals surface area (Å²) < 4.78 is 0.885. The average molecular weight is 280 g/mol. The summed E-state index contributed by atoms with van der Waals surface area (Å²) in [5.74, 6) is -0.0930. The molecule has 0 aliphatic carbocycles. The number of carboxylic acids is 1. The van der Waals surface area contributed by atoms with Gasteiger partial charge in [0.1, 0.15) is 0 Å². The van der Waals surface area contributed by atoms with Crippen LogP contribution in [0.1, 0.15) is 17.0 Å². The fraction of sp³-hybridized carbons (Fsp3) is 0.250. The monoisotopic (exact) mass is 280 g/mol. The lowest BCUT2D eigenvalue weighted by molar-refractivity contribution is -0.136. The zero-order chi connectivity index (χ0) is 13.0. The number of carbonyl (C=O) groups is 1. The lowest BCUT2D eigenvalue weighted by atomic mass is 10.2. The van der Waals surface area contributed by atoms with Gasteiger partial charge < -0.3 is 5.11 Å². The van der Waals surface area contributed by atoms with Crippen molar-refractivity contribution in [3.63, 3.8) is 0 Å². The van der Waals surface area contributed by atoms with Gasteiger partial charge in [0, 0.05) is 17.3 Å². The Labute approximate surface area is 113 Å². The smallest absolute Gasteiger partial charge is 0.309 e. The van der Waals surface area contributed by atoms with Crippen LogP contribution in [0.15, 0.2) is 28.0 Å². The molecule has 0 atom stereocenters. The van der Waals surface area contributed by atoms with Gasteiger partial charge in [-0.2, -0.15) is 0 Å². The van der Waals surface area contributed by atoms with E-state index < -0.39 is 5.97 Å². The van der Waals surface area contributed by atoms with Crippen LogP contribution in [-0.2, 0) is 17.0 Å². The molecule has 0 radical (unpaired) electrons. The number of thiazole rings is 1. The van der Waals surface area contributed by atoms with Gasteiger partial charge in [0.2, 0.25) is 0 Å². The second-order valence-corrected chi connectivity index (χ2v) is 5.81. The molecule has 0 unspecified atom stereocenters. The second kappa shape index (κ2) is 5.97. The Morgan fingerprint density at radius 2 is 2.39 bits per heavy atom. The SMILES string of the molecule is Cc1cccnc1CSc1nc(CC(=O)O)cs1. The van der Waals surface area contributed by atoms with Crippen LogP contribution in [-0.4, -0.2) is 21.0 Å². The van der Waals surface area contributed by atoms with E-state index >= 15 is 0 Å². The van der Waals surface area contributed by atoms with Crippen LogP contribution in [0.4, 0.5) is 0 Å². The summed E-state index contributed by atoms with van der Waals surface area (Å²) in [5, 5.41) is 10.5. The standard InChI is InChI=1S/C12H12N2O2S2/c1-8-3-2-4-13-10(8)7-18-12-14-9(6-17-12)5-11(15)16/h2-4,6H,5,7H2,1H3,(H,15,16). The van der Waals surface area contributed by atoms with Gasteiger partial charge >= 0.3 is 5.97 Å². The highest BCUT2D eigenvalue weighted by Gasteiger charge is 2.07. The molecule has 94 valence electrons. The molecule has 0 aliphatic heterocycles. The summed E-state index contributed by atoms with van der Waals surface area (Å²) in [6, 6.07) is 3.94. The summed E-state index contributed by atoms with van der Waals surface area (Å²) in [7, 11) is 0. The van der Waals surface area contributed by atoms with Crippen LogP contribution in [0.2, 0.25) is 0 Å². The number of thioether (sulfide) groups is 1. The molecule has 0 aliphatic rings. The molecule has 18 heavy (non-hydrogen) atoms. The van der Waals surface area contributed by atoms with E-state index in [0.29, 0.717) is 5.69 Å². The highest BCUT2D eigenvalue weighted by Crippen LogP contribution is 2.26.